The highest BCUT2D eigenvalue weighted by Crippen LogP contribution is 1.97. The number of hydrogen-bond acceptors (Lipinski definition) is 2. The van der Waals surface area contributed by atoms with Crippen molar-refractivity contribution >= 4 is 23.4 Å². The zero-order valence-corrected chi connectivity index (χ0v) is 10.3. The van der Waals surface area contributed by atoms with Gasteiger partial charge in [0.2, 0.25) is 11.8 Å². The van der Waals surface area contributed by atoms with Crippen molar-refractivity contribution in [1.82, 2.24) is 10.2 Å². The predicted molar refractivity (Wildman–Crippen MR) is 60.8 cm³/mol. The van der Waals surface area contributed by atoms with Crippen molar-refractivity contribution in [3.63, 3.8) is 0 Å². The van der Waals surface area contributed by atoms with Crippen LogP contribution in [0.3, 0.4) is 0 Å². The minimum Gasteiger partial charge on any atom is -0.355 e. The third-order valence-electron chi connectivity index (χ3n) is 1.85. The van der Waals surface area contributed by atoms with Crippen molar-refractivity contribution < 1.29 is 9.59 Å². The molecule has 0 unspecified atom stereocenters. The average molecular weight is 235 g/mol. The van der Waals surface area contributed by atoms with Gasteiger partial charge in [-0.1, -0.05) is 13.8 Å². The maximum atomic E-state index is 11.5. The van der Waals surface area contributed by atoms with Crippen molar-refractivity contribution in [2.75, 3.05) is 26.0 Å². The van der Waals surface area contributed by atoms with Gasteiger partial charge in [0.05, 0.1) is 0 Å². The van der Waals surface area contributed by atoms with Gasteiger partial charge in [-0.2, -0.15) is 0 Å². The fraction of sp³-hybridized carbons (Fsp3) is 0.800. The lowest BCUT2D eigenvalue weighted by molar-refractivity contribution is -0.130. The third kappa shape index (κ3) is 7.19. The Morgan fingerprint density at radius 1 is 1.40 bits per heavy atom. The van der Waals surface area contributed by atoms with E-state index in [1.54, 1.807) is 11.9 Å². The number of rotatable bonds is 6. The first-order chi connectivity index (χ1) is 6.97. The molecule has 0 spiro atoms. The summed E-state index contributed by atoms with van der Waals surface area (Å²) in [5, 5.41) is 2.55. The molecule has 5 heteroatoms. The lowest BCUT2D eigenvalue weighted by Gasteiger charge is -2.19. The van der Waals surface area contributed by atoms with E-state index >= 15 is 0 Å². The van der Waals surface area contributed by atoms with Gasteiger partial charge in [0.25, 0.3) is 0 Å². The molecule has 2 amide bonds. The molecule has 0 aliphatic rings. The fourth-order valence-corrected chi connectivity index (χ4v) is 1.29. The van der Waals surface area contributed by atoms with Crippen molar-refractivity contribution in [1.29, 1.82) is 0 Å². The minimum atomic E-state index is -0.240. The van der Waals surface area contributed by atoms with Gasteiger partial charge < -0.3 is 10.2 Å². The molecule has 0 saturated heterocycles. The van der Waals surface area contributed by atoms with Gasteiger partial charge in [-0.15, -0.1) is 11.6 Å². The molecule has 0 rings (SSSR count). The summed E-state index contributed by atoms with van der Waals surface area (Å²) in [7, 11) is 1.77. The molecule has 15 heavy (non-hydrogen) atoms. The van der Waals surface area contributed by atoms with Gasteiger partial charge in [0.15, 0.2) is 0 Å². The number of amides is 2. The third-order valence-corrected chi connectivity index (χ3v) is 2.09. The summed E-state index contributed by atoms with van der Waals surface area (Å²) >= 11 is 5.29. The molecule has 0 saturated carbocycles. The molecule has 0 heterocycles. The quantitative estimate of drug-likeness (QED) is 0.693. The molecule has 0 aliphatic heterocycles. The summed E-state index contributed by atoms with van der Waals surface area (Å²) in [5.41, 5.74) is 0. The molecule has 0 aromatic rings. The Hall–Kier alpha value is -0.770. The number of carbonyl (C=O) groups is 2. The number of alkyl halides is 1. The highest BCUT2D eigenvalue weighted by Gasteiger charge is 2.09. The SMILES string of the molecule is CC(C)CN(C)C(=O)CCNC(=O)CCl. The first-order valence-electron chi connectivity index (χ1n) is 5.04. The standard InChI is InChI=1S/C10H19ClN2O2/c1-8(2)7-13(3)10(15)4-5-12-9(14)6-11/h8H,4-7H2,1-3H3,(H,12,14). The molecule has 88 valence electrons. The van der Waals surface area contributed by atoms with Crippen LogP contribution in [0.25, 0.3) is 0 Å². The van der Waals surface area contributed by atoms with E-state index < -0.39 is 0 Å². The van der Waals surface area contributed by atoms with Gasteiger partial charge in [0, 0.05) is 26.6 Å². The van der Waals surface area contributed by atoms with Crippen LogP contribution in [-0.4, -0.2) is 42.7 Å². The summed E-state index contributed by atoms with van der Waals surface area (Å²) in [5.74, 6) is 0.196. The van der Waals surface area contributed by atoms with E-state index in [2.05, 4.69) is 19.2 Å². The maximum absolute atomic E-state index is 11.5. The fourth-order valence-electron chi connectivity index (χ4n) is 1.20. The van der Waals surface area contributed by atoms with Crippen molar-refractivity contribution in [3.05, 3.63) is 0 Å². The Kier molecular flexibility index (Phi) is 7.13. The lowest BCUT2D eigenvalue weighted by Crippen LogP contribution is -2.34. The van der Waals surface area contributed by atoms with Crippen LogP contribution in [0.1, 0.15) is 20.3 Å². The molecule has 0 aromatic carbocycles. The number of nitrogens with zero attached hydrogens (tertiary/aromatic N) is 1. The number of nitrogens with one attached hydrogen (secondary N) is 1. The molecule has 0 aromatic heterocycles. The number of halogens is 1. The van der Waals surface area contributed by atoms with E-state index in [4.69, 9.17) is 11.6 Å². The zero-order chi connectivity index (χ0) is 11.8. The van der Waals surface area contributed by atoms with Gasteiger partial charge in [-0.05, 0) is 5.92 Å². The molecule has 0 atom stereocenters. The summed E-state index contributed by atoms with van der Waals surface area (Å²) in [6.07, 6.45) is 0.325. The van der Waals surface area contributed by atoms with Gasteiger partial charge in [-0.25, -0.2) is 0 Å². The largest absolute Gasteiger partial charge is 0.355 e. The van der Waals surface area contributed by atoms with Crippen LogP contribution in [0.5, 0.6) is 0 Å². The summed E-state index contributed by atoms with van der Waals surface area (Å²) in [4.78, 5) is 23.9. The topological polar surface area (TPSA) is 49.4 Å². The van der Waals surface area contributed by atoms with E-state index in [1.165, 1.54) is 0 Å². The van der Waals surface area contributed by atoms with E-state index in [1.807, 2.05) is 0 Å². The smallest absolute Gasteiger partial charge is 0.234 e. The zero-order valence-electron chi connectivity index (χ0n) is 9.55. The molecular weight excluding hydrogens is 216 g/mol. The second kappa shape index (κ2) is 7.51. The highest BCUT2D eigenvalue weighted by atomic mass is 35.5. The van der Waals surface area contributed by atoms with E-state index in [-0.39, 0.29) is 17.7 Å². The second-order valence-corrected chi connectivity index (χ2v) is 4.17. The van der Waals surface area contributed by atoms with Gasteiger partial charge in [0.1, 0.15) is 5.88 Å². The van der Waals surface area contributed by atoms with Crippen molar-refractivity contribution in [3.8, 4) is 0 Å². The minimum absolute atomic E-state index is 0.0403. The first-order valence-corrected chi connectivity index (χ1v) is 5.57. The van der Waals surface area contributed by atoms with Crippen molar-refractivity contribution in [2.45, 2.75) is 20.3 Å². The van der Waals surface area contributed by atoms with Crippen LogP contribution in [-0.2, 0) is 9.59 Å². The summed E-state index contributed by atoms with van der Waals surface area (Å²) in [6.45, 7) is 5.20. The van der Waals surface area contributed by atoms with E-state index in [0.717, 1.165) is 6.54 Å². The van der Waals surface area contributed by atoms with Crippen LogP contribution in [0, 0.1) is 5.92 Å². The molecule has 0 fully saturated rings. The monoisotopic (exact) mass is 234 g/mol. The molecule has 1 N–H and O–H groups in total. The Balaban J connectivity index is 3.69. The highest BCUT2D eigenvalue weighted by molar-refractivity contribution is 6.27. The summed E-state index contributed by atoms with van der Waals surface area (Å²) in [6, 6.07) is 0. The average Bonchev–Trinajstić information content (AvgIpc) is 2.16. The Labute approximate surface area is 96.0 Å². The molecule has 0 aliphatic carbocycles. The van der Waals surface area contributed by atoms with Crippen molar-refractivity contribution in [2.24, 2.45) is 5.92 Å². The predicted octanol–water partition coefficient (Wildman–Crippen LogP) is 0.846. The van der Waals surface area contributed by atoms with Crippen LogP contribution in [0.2, 0.25) is 0 Å². The lowest BCUT2D eigenvalue weighted by atomic mass is 10.2. The molecule has 0 radical (unpaired) electrons. The second-order valence-electron chi connectivity index (χ2n) is 3.90. The molecular formula is C10H19ClN2O2. The molecule has 4 nitrogen and oxygen atoms in total. The first kappa shape index (κ1) is 14.2. The molecule has 0 bridgehead atoms. The van der Waals surface area contributed by atoms with E-state index in [0.29, 0.717) is 18.9 Å². The van der Waals surface area contributed by atoms with Crippen LogP contribution in [0.4, 0.5) is 0 Å². The van der Waals surface area contributed by atoms with Gasteiger partial charge >= 0.3 is 0 Å². The van der Waals surface area contributed by atoms with E-state index in [9.17, 15) is 9.59 Å². The van der Waals surface area contributed by atoms with Crippen LogP contribution in [0.15, 0.2) is 0 Å². The van der Waals surface area contributed by atoms with Crippen LogP contribution >= 0.6 is 11.6 Å². The number of carbonyl (C=O) groups excluding carboxylic acids is 2. The van der Waals surface area contributed by atoms with Gasteiger partial charge in [-0.3, -0.25) is 9.59 Å². The normalized spacial score (nSPS) is 10.2. The van der Waals surface area contributed by atoms with Crippen LogP contribution < -0.4 is 5.32 Å². The Bertz CT molecular complexity index is 219. The summed E-state index contributed by atoms with van der Waals surface area (Å²) < 4.78 is 0. The maximum Gasteiger partial charge on any atom is 0.234 e. The Morgan fingerprint density at radius 2 is 2.00 bits per heavy atom. The Morgan fingerprint density at radius 3 is 2.47 bits per heavy atom. The number of hydrogen-bond donors (Lipinski definition) is 1.